The SMILES string of the molecule is CCOc1cc(-c2nncn2C)ccc1Cc1ncc2cc(C)nc(N3CC4(CCOCC4)C3)c2n1. The van der Waals surface area contributed by atoms with Crippen molar-refractivity contribution in [3.05, 3.63) is 53.9 Å². The molecule has 0 amide bonds. The number of pyridine rings is 1. The van der Waals surface area contributed by atoms with Gasteiger partial charge >= 0.3 is 0 Å². The van der Waals surface area contributed by atoms with Crippen molar-refractivity contribution >= 4 is 16.7 Å². The second-order valence-electron chi connectivity index (χ2n) is 9.98. The van der Waals surface area contributed by atoms with Gasteiger partial charge in [0.25, 0.3) is 0 Å². The van der Waals surface area contributed by atoms with Crippen LogP contribution >= 0.6 is 0 Å². The molecule has 9 nitrogen and oxygen atoms in total. The molecule has 0 atom stereocenters. The number of hydrogen-bond donors (Lipinski definition) is 0. The van der Waals surface area contributed by atoms with Gasteiger partial charge in [-0.25, -0.2) is 15.0 Å². The van der Waals surface area contributed by atoms with Crippen molar-refractivity contribution in [1.82, 2.24) is 29.7 Å². The molecular formula is C27H31N7O2. The molecule has 0 unspecified atom stereocenters. The second kappa shape index (κ2) is 9.13. The molecule has 3 aromatic heterocycles. The minimum atomic E-state index is 0.364. The molecule has 4 aromatic rings. The number of ether oxygens (including phenoxy) is 2. The first-order chi connectivity index (χ1) is 17.5. The normalized spacial score (nSPS) is 16.9. The molecule has 2 aliphatic heterocycles. The summed E-state index contributed by atoms with van der Waals surface area (Å²) < 4.78 is 13.5. The Morgan fingerprint density at radius 1 is 1.11 bits per heavy atom. The van der Waals surface area contributed by atoms with E-state index in [0.29, 0.717) is 18.4 Å². The largest absolute Gasteiger partial charge is 0.494 e. The van der Waals surface area contributed by atoms with Crippen molar-refractivity contribution in [2.24, 2.45) is 12.5 Å². The van der Waals surface area contributed by atoms with Gasteiger partial charge in [-0.3, -0.25) is 0 Å². The van der Waals surface area contributed by atoms with E-state index in [1.54, 1.807) is 6.33 Å². The molecule has 0 aliphatic carbocycles. The third-order valence-corrected chi connectivity index (χ3v) is 7.32. The van der Waals surface area contributed by atoms with Gasteiger partial charge in [-0.05, 0) is 38.8 Å². The van der Waals surface area contributed by atoms with Crippen molar-refractivity contribution in [2.45, 2.75) is 33.1 Å². The highest BCUT2D eigenvalue weighted by Crippen LogP contribution is 2.43. The van der Waals surface area contributed by atoms with Gasteiger partial charge in [0.2, 0.25) is 0 Å². The summed E-state index contributed by atoms with van der Waals surface area (Å²) in [6.45, 7) is 8.35. The average molecular weight is 486 g/mol. The van der Waals surface area contributed by atoms with E-state index in [4.69, 9.17) is 24.4 Å². The summed E-state index contributed by atoms with van der Waals surface area (Å²) in [5.74, 6) is 3.33. The summed E-state index contributed by atoms with van der Waals surface area (Å²) in [7, 11) is 1.93. The fraction of sp³-hybridized carbons (Fsp3) is 0.444. The molecule has 0 bridgehead atoms. The first-order valence-electron chi connectivity index (χ1n) is 12.6. The average Bonchev–Trinajstić information content (AvgIpc) is 3.30. The van der Waals surface area contributed by atoms with E-state index in [2.05, 4.69) is 27.2 Å². The zero-order valence-electron chi connectivity index (χ0n) is 21.1. The Morgan fingerprint density at radius 2 is 1.94 bits per heavy atom. The van der Waals surface area contributed by atoms with Crippen LogP contribution in [0.4, 0.5) is 5.82 Å². The van der Waals surface area contributed by atoms with Crippen LogP contribution in [0.15, 0.2) is 36.8 Å². The molecule has 1 aromatic carbocycles. The minimum absolute atomic E-state index is 0.364. The summed E-state index contributed by atoms with van der Waals surface area (Å²) in [5, 5.41) is 9.25. The van der Waals surface area contributed by atoms with Crippen LogP contribution in [0.3, 0.4) is 0 Å². The van der Waals surface area contributed by atoms with Gasteiger partial charge < -0.3 is 18.9 Å². The molecule has 6 rings (SSSR count). The highest BCUT2D eigenvalue weighted by molar-refractivity contribution is 5.89. The minimum Gasteiger partial charge on any atom is -0.494 e. The number of aryl methyl sites for hydroxylation is 2. The molecule has 186 valence electrons. The molecule has 0 saturated carbocycles. The Morgan fingerprint density at radius 3 is 2.69 bits per heavy atom. The van der Waals surface area contributed by atoms with E-state index in [1.165, 1.54) is 0 Å². The Hall–Kier alpha value is -3.59. The van der Waals surface area contributed by atoms with Crippen LogP contribution in [-0.2, 0) is 18.2 Å². The van der Waals surface area contributed by atoms with Crippen LogP contribution in [0, 0.1) is 12.3 Å². The zero-order valence-corrected chi connectivity index (χ0v) is 21.1. The molecule has 0 N–H and O–H groups in total. The lowest BCUT2D eigenvalue weighted by Gasteiger charge is -2.52. The predicted octanol–water partition coefficient (Wildman–Crippen LogP) is 3.74. The van der Waals surface area contributed by atoms with E-state index < -0.39 is 0 Å². The number of fused-ring (bicyclic) bond motifs is 1. The Labute approximate surface area is 210 Å². The van der Waals surface area contributed by atoms with Crippen molar-refractivity contribution in [2.75, 3.05) is 37.8 Å². The van der Waals surface area contributed by atoms with E-state index >= 15 is 0 Å². The maximum Gasteiger partial charge on any atom is 0.163 e. The van der Waals surface area contributed by atoms with Crippen LogP contribution in [0.1, 0.15) is 36.8 Å². The zero-order chi connectivity index (χ0) is 24.7. The quantitative estimate of drug-likeness (QED) is 0.408. The number of anilines is 1. The molecule has 2 aliphatic rings. The maximum absolute atomic E-state index is 6.00. The monoisotopic (exact) mass is 485 g/mol. The van der Waals surface area contributed by atoms with Gasteiger partial charge in [0.05, 0.1) is 6.61 Å². The lowest BCUT2D eigenvalue weighted by Crippen LogP contribution is -2.59. The Kier molecular flexibility index (Phi) is 5.79. The third kappa shape index (κ3) is 4.17. The second-order valence-corrected chi connectivity index (χ2v) is 9.98. The molecule has 0 radical (unpaired) electrons. The summed E-state index contributed by atoms with van der Waals surface area (Å²) in [4.78, 5) is 17.0. The van der Waals surface area contributed by atoms with E-state index in [0.717, 1.165) is 90.1 Å². The van der Waals surface area contributed by atoms with Crippen LogP contribution in [-0.4, -0.2) is 62.6 Å². The third-order valence-electron chi connectivity index (χ3n) is 7.32. The van der Waals surface area contributed by atoms with Crippen LogP contribution in [0.2, 0.25) is 0 Å². The first kappa shape index (κ1) is 22.8. The summed E-state index contributed by atoms with van der Waals surface area (Å²) >= 11 is 0. The smallest absolute Gasteiger partial charge is 0.163 e. The highest BCUT2D eigenvalue weighted by Gasteiger charge is 2.45. The number of nitrogens with zero attached hydrogens (tertiary/aromatic N) is 7. The maximum atomic E-state index is 6.00. The van der Waals surface area contributed by atoms with Gasteiger partial charge in [0.15, 0.2) is 11.6 Å². The fourth-order valence-corrected chi connectivity index (χ4v) is 5.37. The van der Waals surface area contributed by atoms with Crippen molar-refractivity contribution in [3.63, 3.8) is 0 Å². The highest BCUT2D eigenvalue weighted by atomic mass is 16.5. The number of aromatic nitrogens is 6. The van der Waals surface area contributed by atoms with Gasteiger partial charge in [-0.1, -0.05) is 12.1 Å². The Balaban J connectivity index is 1.31. The first-order valence-corrected chi connectivity index (χ1v) is 12.6. The number of benzene rings is 1. The van der Waals surface area contributed by atoms with Crippen molar-refractivity contribution in [3.8, 4) is 17.1 Å². The number of hydrogen-bond acceptors (Lipinski definition) is 8. The molecule has 36 heavy (non-hydrogen) atoms. The molecule has 5 heterocycles. The predicted molar refractivity (Wildman–Crippen MR) is 137 cm³/mol. The van der Waals surface area contributed by atoms with Crippen molar-refractivity contribution < 1.29 is 9.47 Å². The lowest BCUT2D eigenvalue weighted by molar-refractivity contribution is -0.000373. The van der Waals surface area contributed by atoms with Gasteiger partial charge in [0.1, 0.15) is 23.4 Å². The Bertz CT molecular complexity index is 1400. The van der Waals surface area contributed by atoms with Crippen LogP contribution < -0.4 is 9.64 Å². The van der Waals surface area contributed by atoms with Crippen LogP contribution in [0.25, 0.3) is 22.3 Å². The van der Waals surface area contributed by atoms with Crippen molar-refractivity contribution in [1.29, 1.82) is 0 Å². The molecular weight excluding hydrogens is 454 g/mol. The number of rotatable bonds is 6. The fourth-order valence-electron chi connectivity index (χ4n) is 5.37. The van der Waals surface area contributed by atoms with Gasteiger partial charge in [-0.15, -0.1) is 10.2 Å². The van der Waals surface area contributed by atoms with Crippen LogP contribution in [0.5, 0.6) is 5.75 Å². The van der Waals surface area contributed by atoms with Gasteiger partial charge in [0, 0.05) is 73.6 Å². The molecule has 2 fully saturated rings. The molecule has 2 saturated heterocycles. The summed E-state index contributed by atoms with van der Waals surface area (Å²) in [6.07, 6.45) is 6.44. The molecule has 9 heteroatoms. The van der Waals surface area contributed by atoms with E-state index in [9.17, 15) is 0 Å². The standard InChI is InChI=1S/C27H31N7O2/c1-4-36-22-12-20(25-32-29-17-33(25)3)6-5-19(22)13-23-28-14-21-11-18(2)30-26(24(21)31-23)34-15-27(16-34)7-9-35-10-8-27/h5-6,11-12,14,17H,4,7-10,13,15-16H2,1-3H3. The van der Waals surface area contributed by atoms with Gasteiger partial charge in [-0.2, -0.15) is 0 Å². The summed E-state index contributed by atoms with van der Waals surface area (Å²) in [5.41, 5.74) is 4.26. The summed E-state index contributed by atoms with van der Waals surface area (Å²) in [6, 6.07) is 8.20. The topological polar surface area (TPSA) is 91.1 Å². The van der Waals surface area contributed by atoms with E-state index in [1.807, 2.05) is 43.8 Å². The lowest BCUT2D eigenvalue weighted by atomic mass is 9.73. The van der Waals surface area contributed by atoms with E-state index in [-0.39, 0.29) is 0 Å². The molecule has 1 spiro atoms.